The fourth-order valence-electron chi connectivity index (χ4n) is 8.56. The number of sulfone groups is 2. The zero-order valence-corrected chi connectivity index (χ0v) is 32.2. The molecule has 4 fully saturated rings. The van der Waals surface area contributed by atoms with Gasteiger partial charge in [0.15, 0.2) is 24.7 Å². The topological polar surface area (TPSA) is 146 Å². The predicted octanol–water partition coefficient (Wildman–Crippen LogP) is 7.39. The van der Waals surface area contributed by atoms with Crippen LogP contribution in [0.15, 0.2) is 113 Å². The molecule has 8 rings (SSSR count). The maximum atomic E-state index is 13.0. The lowest BCUT2D eigenvalue weighted by atomic mass is 10.0. The zero-order chi connectivity index (χ0) is 38.0. The predicted molar refractivity (Wildman–Crippen MR) is 209 cm³/mol. The largest absolute Gasteiger partial charge is 0.322 e. The van der Waals surface area contributed by atoms with Crippen LogP contribution in [0.5, 0.6) is 0 Å². The summed E-state index contributed by atoms with van der Waals surface area (Å²) in [6.45, 7) is 4.00. The van der Waals surface area contributed by atoms with Crippen molar-refractivity contribution in [3.05, 3.63) is 114 Å². The number of nitrogens with zero attached hydrogens (tertiary/aromatic N) is 3. The van der Waals surface area contributed by atoms with E-state index < -0.39 is 30.2 Å². The molecule has 284 valence electrons. The average Bonchev–Trinajstić information content (AvgIpc) is 3.60. The summed E-state index contributed by atoms with van der Waals surface area (Å²) in [5.74, 6) is 0. The first-order chi connectivity index (χ1) is 25.9. The van der Waals surface area contributed by atoms with Crippen LogP contribution in [-0.2, 0) is 19.7 Å². The average molecular weight is 770 g/mol. The van der Waals surface area contributed by atoms with Crippen LogP contribution in [0.1, 0.15) is 62.5 Å². The second-order valence-corrected chi connectivity index (χ2v) is 19.3. The Kier molecular flexibility index (Phi) is 10.8. The van der Waals surface area contributed by atoms with Gasteiger partial charge < -0.3 is 20.4 Å². The van der Waals surface area contributed by atoms with Crippen LogP contribution in [0.2, 0.25) is 0 Å². The van der Waals surface area contributed by atoms with Crippen molar-refractivity contribution in [1.82, 2.24) is 14.8 Å². The molecule has 0 spiro atoms. The number of piperidine rings is 2. The van der Waals surface area contributed by atoms with Gasteiger partial charge in [-0.3, -0.25) is 0 Å². The molecule has 3 aromatic carbocycles. The molecule has 4 aliphatic heterocycles. The van der Waals surface area contributed by atoms with Crippen molar-refractivity contribution in [2.45, 2.75) is 110 Å². The molecule has 0 aliphatic carbocycles. The third kappa shape index (κ3) is 7.88. The molecule has 4 aliphatic rings. The van der Waals surface area contributed by atoms with Crippen LogP contribution in [0.25, 0.3) is 0 Å². The van der Waals surface area contributed by atoms with E-state index in [0.717, 1.165) is 48.2 Å². The molecule has 4 bridgehead atoms. The summed E-state index contributed by atoms with van der Waals surface area (Å²) in [5.41, 5.74) is 3.80. The molecule has 6 atom stereocenters. The highest BCUT2D eigenvalue weighted by Crippen LogP contribution is 2.41. The van der Waals surface area contributed by atoms with E-state index in [9.17, 15) is 26.4 Å². The molecule has 0 radical (unpaired) electrons. The van der Waals surface area contributed by atoms with Crippen molar-refractivity contribution in [2.24, 2.45) is 0 Å². The quantitative estimate of drug-likeness (QED) is 0.208. The Morgan fingerprint density at radius 2 is 0.963 bits per heavy atom. The summed E-state index contributed by atoms with van der Waals surface area (Å²) >= 11 is 0. The first kappa shape index (κ1) is 37.6. The Bertz CT molecular complexity index is 1980. The van der Waals surface area contributed by atoms with Crippen molar-refractivity contribution < 1.29 is 26.4 Å². The van der Waals surface area contributed by atoms with Crippen LogP contribution in [-0.4, -0.2) is 78.3 Å². The number of fused-ring (bicyclic) bond motifs is 4. The number of anilines is 2. The van der Waals surface area contributed by atoms with Crippen molar-refractivity contribution in [3.63, 3.8) is 0 Å². The van der Waals surface area contributed by atoms with E-state index in [0.29, 0.717) is 30.6 Å². The Hall–Kier alpha value is -4.75. The Balaban J connectivity index is 0.000000167. The minimum Gasteiger partial charge on any atom is -0.318 e. The number of urea groups is 2. The third-order valence-corrected chi connectivity index (χ3v) is 15.6. The Morgan fingerprint density at radius 3 is 1.37 bits per heavy atom. The Labute approximate surface area is 318 Å². The monoisotopic (exact) mass is 769 g/mol. The van der Waals surface area contributed by atoms with Gasteiger partial charge in [0.2, 0.25) is 0 Å². The number of rotatable bonds is 6. The van der Waals surface area contributed by atoms with E-state index >= 15 is 0 Å². The highest BCUT2D eigenvalue weighted by Gasteiger charge is 2.48. The molecule has 11 nitrogen and oxygen atoms in total. The molecule has 5 heterocycles. The number of carbonyl (C=O) groups excluding carboxylic acids is 2. The molecule has 4 saturated heterocycles. The van der Waals surface area contributed by atoms with Crippen molar-refractivity contribution >= 4 is 43.1 Å². The van der Waals surface area contributed by atoms with Crippen molar-refractivity contribution in [1.29, 1.82) is 0 Å². The smallest absolute Gasteiger partial charge is 0.318 e. The molecule has 4 amide bonds. The van der Waals surface area contributed by atoms with Crippen molar-refractivity contribution in [2.75, 3.05) is 10.6 Å². The van der Waals surface area contributed by atoms with Gasteiger partial charge in [0, 0.05) is 41.7 Å². The van der Waals surface area contributed by atoms with E-state index in [-0.39, 0.29) is 41.3 Å². The van der Waals surface area contributed by atoms with Gasteiger partial charge in [0.05, 0.1) is 15.4 Å². The molecular formula is C41H47N5O6S2. The summed E-state index contributed by atoms with van der Waals surface area (Å²) in [6.07, 6.45) is 6.89. The number of hydrogen-bond acceptors (Lipinski definition) is 7. The van der Waals surface area contributed by atoms with Crippen LogP contribution in [0, 0.1) is 13.8 Å². The SMILES string of the molecule is Cc1ccc(NC(=O)N2C3CC[C@@H]2CC(S(=O)(=O)c2ccccc2)C3)cc1.Cc1ccc(NC(=O)N2C3CC[C@@H]2CC(S(=O)(=O)c2ccccn2)C3)cc1. The lowest BCUT2D eigenvalue weighted by molar-refractivity contribution is 0.159. The number of benzene rings is 3. The minimum absolute atomic E-state index is 0.0160. The zero-order valence-electron chi connectivity index (χ0n) is 30.5. The van der Waals surface area contributed by atoms with Gasteiger partial charge in [-0.25, -0.2) is 31.4 Å². The first-order valence-electron chi connectivity index (χ1n) is 18.7. The van der Waals surface area contributed by atoms with Gasteiger partial charge >= 0.3 is 12.1 Å². The molecule has 1 aromatic heterocycles. The van der Waals surface area contributed by atoms with Crippen LogP contribution in [0.3, 0.4) is 0 Å². The lowest BCUT2D eigenvalue weighted by Crippen LogP contribution is -2.51. The van der Waals surface area contributed by atoms with Gasteiger partial charge in [0.1, 0.15) is 0 Å². The second kappa shape index (κ2) is 15.5. The fraction of sp³-hybridized carbons (Fsp3) is 0.390. The molecule has 54 heavy (non-hydrogen) atoms. The summed E-state index contributed by atoms with van der Waals surface area (Å²) in [6, 6.07) is 28.6. The Morgan fingerprint density at radius 1 is 0.556 bits per heavy atom. The number of pyridine rings is 1. The summed E-state index contributed by atoms with van der Waals surface area (Å²) in [4.78, 5) is 33.7. The molecular weight excluding hydrogens is 723 g/mol. The van der Waals surface area contributed by atoms with Gasteiger partial charge in [-0.05, 0) is 114 Å². The number of aromatic nitrogens is 1. The standard InChI is InChI=1S/C21H24N2O3S.C20H23N3O3S/c1-15-7-9-16(10-8-15)22-21(24)23-17-11-12-18(23)14-20(13-17)27(25,26)19-5-3-2-4-6-19;1-14-5-7-15(8-6-14)22-20(24)23-16-9-10-17(23)13-18(12-16)27(25,26)19-4-2-3-11-21-19/h2-10,17-18,20H,11-14H2,1H3,(H,22,24);2-8,11,16-18H,9-10,12-13H2,1H3,(H,22,24)/t17-,18?,20?;16-,17?,18?/m11/s1. The van der Waals surface area contributed by atoms with Gasteiger partial charge in [0.25, 0.3) is 0 Å². The summed E-state index contributed by atoms with van der Waals surface area (Å²) < 4.78 is 51.8. The van der Waals surface area contributed by atoms with E-state index in [4.69, 9.17) is 0 Å². The lowest BCUT2D eigenvalue weighted by Gasteiger charge is -2.38. The molecule has 2 N–H and O–H groups in total. The fourth-order valence-corrected chi connectivity index (χ4v) is 12.2. The van der Waals surface area contributed by atoms with Gasteiger partial charge in [-0.15, -0.1) is 0 Å². The second-order valence-electron chi connectivity index (χ2n) is 14.9. The number of aryl methyl sites for hydroxylation is 2. The molecule has 13 heteroatoms. The van der Waals surface area contributed by atoms with Crippen molar-refractivity contribution in [3.8, 4) is 0 Å². The third-order valence-electron chi connectivity index (χ3n) is 11.3. The molecule has 0 saturated carbocycles. The van der Waals surface area contributed by atoms with E-state index in [2.05, 4.69) is 15.6 Å². The first-order valence-corrected chi connectivity index (χ1v) is 21.8. The number of amides is 4. The maximum Gasteiger partial charge on any atom is 0.322 e. The highest BCUT2D eigenvalue weighted by molar-refractivity contribution is 7.92. The maximum absolute atomic E-state index is 13.0. The number of carbonyl (C=O) groups is 2. The number of hydrogen-bond donors (Lipinski definition) is 2. The van der Waals surface area contributed by atoms with E-state index in [1.165, 1.54) is 6.20 Å². The summed E-state index contributed by atoms with van der Waals surface area (Å²) in [5, 5.41) is 5.15. The van der Waals surface area contributed by atoms with Crippen LogP contribution in [0.4, 0.5) is 21.0 Å². The van der Waals surface area contributed by atoms with Gasteiger partial charge in [-0.2, -0.15) is 0 Å². The molecule has 4 unspecified atom stereocenters. The van der Waals surface area contributed by atoms with Gasteiger partial charge in [-0.1, -0.05) is 59.7 Å². The molecule has 4 aromatic rings. The highest BCUT2D eigenvalue weighted by atomic mass is 32.2. The van der Waals surface area contributed by atoms with Crippen LogP contribution < -0.4 is 10.6 Å². The summed E-state index contributed by atoms with van der Waals surface area (Å²) in [7, 11) is -6.83. The van der Waals surface area contributed by atoms with E-state index in [1.807, 2.05) is 78.2 Å². The number of nitrogens with one attached hydrogen (secondary N) is 2. The minimum atomic E-state index is -3.47. The van der Waals surface area contributed by atoms with Crippen LogP contribution >= 0.6 is 0 Å². The van der Waals surface area contributed by atoms with E-state index in [1.54, 1.807) is 42.5 Å². The normalized spacial score (nSPS) is 24.6.